The number of nitrogens with one attached hydrogen (secondary N) is 2. The van der Waals surface area contributed by atoms with Crippen LogP contribution in [0.4, 0.5) is 4.39 Å². The Bertz CT molecular complexity index is 817. The van der Waals surface area contributed by atoms with Crippen LogP contribution >= 0.6 is 11.6 Å². The molecule has 0 saturated heterocycles. The molecule has 0 saturated carbocycles. The summed E-state index contributed by atoms with van der Waals surface area (Å²) in [4.78, 5) is 27.7. The highest BCUT2D eigenvalue weighted by molar-refractivity contribution is 6.30. The number of benzene rings is 1. The van der Waals surface area contributed by atoms with Gasteiger partial charge in [0, 0.05) is 31.0 Å². The minimum Gasteiger partial charge on any atom is -0.484 e. The van der Waals surface area contributed by atoms with Gasteiger partial charge >= 0.3 is 0 Å². The number of carbonyl (C=O) groups is 2. The summed E-state index contributed by atoms with van der Waals surface area (Å²) in [5.74, 6) is -1.20. The molecular formula is C19H21ClFN3O4. The first kappa shape index (κ1) is 21.6. The second kappa shape index (κ2) is 10.6. The van der Waals surface area contributed by atoms with E-state index in [1.807, 2.05) is 6.92 Å². The monoisotopic (exact) mass is 409 g/mol. The molecule has 9 heteroatoms. The molecule has 1 aromatic carbocycles. The molecule has 0 aliphatic carbocycles. The van der Waals surface area contributed by atoms with Crippen molar-refractivity contribution in [1.29, 1.82) is 0 Å². The van der Waals surface area contributed by atoms with E-state index in [1.165, 1.54) is 18.3 Å². The van der Waals surface area contributed by atoms with Gasteiger partial charge in [0.2, 0.25) is 0 Å². The summed E-state index contributed by atoms with van der Waals surface area (Å²) in [6, 6.07) is 7.25. The van der Waals surface area contributed by atoms with Crippen molar-refractivity contribution in [1.82, 2.24) is 15.6 Å². The number of rotatable bonds is 9. The molecule has 2 rings (SSSR count). The number of carbonyl (C=O) groups excluding carboxylic acids is 2. The predicted molar refractivity (Wildman–Crippen MR) is 102 cm³/mol. The average molecular weight is 410 g/mol. The van der Waals surface area contributed by atoms with Crippen molar-refractivity contribution in [2.75, 3.05) is 19.7 Å². The van der Waals surface area contributed by atoms with Gasteiger partial charge in [0.05, 0.1) is 16.7 Å². The Morgan fingerprint density at radius 2 is 2.07 bits per heavy atom. The Hall–Kier alpha value is -2.71. The molecule has 1 aromatic heterocycles. The predicted octanol–water partition coefficient (Wildman–Crippen LogP) is 1.86. The van der Waals surface area contributed by atoms with Gasteiger partial charge in [0.1, 0.15) is 11.6 Å². The van der Waals surface area contributed by atoms with Crippen LogP contribution in [0.3, 0.4) is 0 Å². The zero-order valence-electron chi connectivity index (χ0n) is 15.2. The number of halogens is 2. The number of nitrogens with zero attached hydrogens (tertiary/aromatic N) is 1. The molecule has 0 aliphatic rings. The highest BCUT2D eigenvalue weighted by Crippen LogP contribution is 2.20. The van der Waals surface area contributed by atoms with E-state index in [9.17, 15) is 19.1 Å². The molecule has 2 aromatic rings. The normalized spacial score (nSPS) is 11.6. The maximum Gasteiger partial charge on any atom is 0.257 e. The summed E-state index contributed by atoms with van der Waals surface area (Å²) in [5, 5.41) is 15.0. The van der Waals surface area contributed by atoms with Crippen molar-refractivity contribution < 1.29 is 23.8 Å². The van der Waals surface area contributed by atoms with E-state index in [2.05, 4.69) is 15.6 Å². The van der Waals surface area contributed by atoms with Crippen LogP contribution in [-0.4, -0.2) is 47.7 Å². The molecule has 0 fully saturated rings. The number of amides is 2. The zero-order valence-corrected chi connectivity index (χ0v) is 16.0. The largest absolute Gasteiger partial charge is 0.484 e. The minimum absolute atomic E-state index is 0.0310. The SMILES string of the molecule is Cc1ccc(C(=O)NCC(O)CCNC(=O)COc2ccc(Cl)c(F)c2)cn1. The van der Waals surface area contributed by atoms with Crippen molar-refractivity contribution in [2.24, 2.45) is 0 Å². The summed E-state index contributed by atoms with van der Waals surface area (Å²) in [6.45, 7) is 1.76. The molecule has 1 atom stereocenters. The number of aliphatic hydroxyl groups excluding tert-OH is 1. The molecule has 3 N–H and O–H groups in total. The lowest BCUT2D eigenvalue weighted by Gasteiger charge is -2.13. The van der Waals surface area contributed by atoms with Crippen molar-refractivity contribution in [2.45, 2.75) is 19.4 Å². The smallest absolute Gasteiger partial charge is 0.257 e. The summed E-state index contributed by atoms with van der Waals surface area (Å²) >= 11 is 5.56. The van der Waals surface area contributed by atoms with Crippen LogP contribution < -0.4 is 15.4 Å². The second-order valence-electron chi connectivity index (χ2n) is 6.06. The first-order valence-electron chi connectivity index (χ1n) is 8.58. The molecule has 1 unspecified atom stereocenters. The van der Waals surface area contributed by atoms with Gasteiger partial charge in [-0.25, -0.2) is 4.39 Å². The van der Waals surface area contributed by atoms with Gasteiger partial charge in [0.15, 0.2) is 6.61 Å². The Balaban J connectivity index is 1.62. The van der Waals surface area contributed by atoms with Gasteiger partial charge in [-0.1, -0.05) is 11.6 Å². The average Bonchev–Trinajstić information content (AvgIpc) is 2.67. The van der Waals surface area contributed by atoms with Crippen LogP contribution in [0.2, 0.25) is 5.02 Å². The fourth-order valence-electron chi connectivity index (χ4n) is 2.16. The Morgan fingerprint density at radius 3 is 2.75 bits per heavy atom. The van der Waals surface area contributed by atoms with Crippen LogP contribution in [0, 0.1) is 12.7 Å². The lowest BCUT2D eigenvalue weighted by atomic mass is 10.2. The number of aromatic nitrogens is 1. The van der Waals surface area contributed by atoms with E-state index in [-0.39, 0.29) is 42.8 Å². The van der Waals surface area contributed by atoms with Gasteiger partial charge in [-0.3, -0.25) is 14.6 Å². The molecule has 7 nitrogen and oxygen atoms in total. The summed E-state index contributed by atoms with van der Waals surface area (Å²) < 4.78 is 18.4. The fraction of sp³-hybridized carbons (Fsp3) is 0.316. The second-order valence-corrected chi connectivity index (χ2v) is 6.46. The van der Waals surface area contributed by atoms with E-state index in [4.69, 9.17) is 16.3 Å². The number of pyridine rings is 1. The molecule has 150 valence electrons. The third kappa shape index (κ3) is 7.13. The number of hydrogen-bond donors (Lipinski definition) is 3. The molecule has 2 amide bonds. The van der Waals surface area contributed by atoms with Crippen LogP contribution in [0.25, 0.3) is 0 Å². The van der Waals surface area contributed by atoms with Crippen molar-refractivity contribution in [3.8, 4) is 5.75 Å². The molecule has 0 radical (unpaired) electrons. The van der Waals surface area contributed by atoms with E-state index in [0.717, 1.165) is 11.8 Å². The van der Waals surface area contributed by atoms with E-state index >= 15 is 0 Å². The molecule has 0 aliphatic heterocycles. The van der Waals surface area contributed by atoms with Crippen LogP contribution in [0.5, 0.6) is 5.75 Å². The van der Waals surface area contributed by atoms with Gasteiger partial charge in [-0.05, 0) is 37.6 Å². The van der Waals surface area contributed by atoms with E-state index < -0.39 is 17.8 Å². The molecular weight excluding hydrogens is 389 g/mol. The quantitative estimate of drug-likeness (QED) is 0.587. The number of aryl methyl sites for hydroxylation is 1. The van der Waals surface area contributed by atoms with Crippen LogP contribution in [-0.2, 0) is 4.79 Å². The third-order valence-electron chi connectivity index (χ3n) is 3.73. The Labute approximate surface area is 166 Å². The van der Waals surface area contributed by atoms with Crippen molar-refractivity contribution >= 4 is 23.4 Å². The van der Waals surface area contributed by atoms with Crippen LogP contribution in [0.1, 0.15) is 22.5 Å². The van der Waals surface area contributed by atoms with Crippen molar-refractivity contribution in [3.63, 3.8) is 0 Å². The van der Waals surface area contributed by atoms with Crippen LogP contribution in [0.15, 0.2) is 36.5 Å². The topological polar surface area (TPSA) is 101 Å². The highest BCUT2D eigenvalue weighted by Gasteiger charge is 2.10. The van der Waals surface area contributed by atoms with Gasteiger partial charge < -0.3 is 20.5 Å². The lowest BCUT2D eigenvalue weighted by Crippen LogP contribution is -2.36. The number of hydrogen-bond acceptors (Lipinski definition) is 5. The first-order valence-corrected chi connectivity index (χ1v) is 8.96. The molecule has 1 heterocycles. The van der Waals surface area contributed by atoms with E-state index in [1.54, 1.807) is 12.1 Å². The zero-order chi connectivity index (χ0) is 20.5. The van der Waals surface area contributed by atoms with Crippen molar-refractivity contribution in [3.05, 3.63) is 58.6 Å². The number of aliphatic hydroxyl groups is 1. The van der Waals surface area contributed by atoms with Gasteiger partial charge in [-0.15, -0.1) is 0 Å². The highest BCUT2D eigenvalue weighted by atomic mass is 35.5. The third-order valence-corrected chi connectivity index (χ3v) is 4.04. The Morgan fingerprint density at radius 1 is 1.29 bits per heavy atom. The molecule has 0 spiro atoms. The van der Waals surface area contributed by atoms with E-state index in [0.29, 0.717) is 5.56 Å². The maximum absolute atomic E-state index is 13.3. The van der Waals surface area contributed by atoms with Gasteiger partial charge in [0.25, 0.3) is 11.8 Å². The maximum atomic E-state index is 13.3. The Kier molecular flexibility index (Phi) is 8.16. The summed E-state index contributed by atoms with van der Waals surface area (Å²) in [5.41, 5.74) is 1.21. The summed E-state index contributed by atoms with van der Waals surface area (Å²) in [7, 11) is 0. The fourth-order valence-corrected chi connectivity index (χ4v) is 2.28. The minimum atomic E-state index is -0.825. The molecule has 28 heavy (non-hydrogen) atoms. The molecule has 0 bridgehead atoms. The van der Waals surface area contributed by atoms with Gasteiger partial charge in [-0.2, -0.15) is 0 Å². The first-order chi connectivity index (χ1) is 13.3. The number of ether oxygens (including phenoxy) is 1. The lowest BCUT2D eigenvalue weighted by molar-refractivity contribution is -0.123. The standard InChI is InChI=1S/C19H21ClFN3O4/c1-12-2-3-13(9-23-12)19(27)24-10-14(25)6-7-22-18(26)11-28-15-4-5-16(20)17(21)8-15/h2-5,8-9,14,25H,6-7,10-11H2,1H3,(H,22,26)(H,24,27). The summed E-state index contributed by atoms with van der Waals surface area (Å²) in [6.07, 6.45) is 0.881.